The van der Waals surface area contributed by atoms with E-state index in [4.69, 9.17) is 5.73 Å². The van der Waals surface area contributed by atoms with Gasteiger partial charge < -0.3 is 10.6 Å². The van der Waals surface area contributed by atoms with E-state index in [2.05, 4.69) is 18.2 Å². The van der Waals surface area contributed by atoms with E-state index >= 15 is 0 Å². The van der Waals surface area contributed by atoms with E-state index in [1.165, 1.54) is 5.56 Å². The van der Waals surface area contributed by atoms with Crippen molar-refractivity contribution in [2.45, 2.75) is 38.6 Å². The van der Waals surface area contributed by atoms with Crippen molar-refractivity contribution in [2.24, 2.45) is 5.73 Å². The molecule has 116 valence electrons. The van der Waals surface area contributed by atoms with E-state index in [0.29, 0.717) is 18.9 Å². The maximum absolute atomic E-state index is 11.7. The minimum atomic E-state index is 0. The number of rotatable bonds is 4. The first kappa shape index (κ1) is 19.2. The van der Waals surface area contributed by atoms with Gasteiger partial charge in [0.25, 0.3) is 0 Å². The third-order valence-corrected chi connectivity index (χ3v) is 3.65. The van der Waals surface area contributed by atoms with Gasteiger partial charge in [-0.25, -0.2) is 0 Å². The van der Waals surface area contributed by atoms with E-state index in [0.717, 1.165) is 32.5 Å². The Morgan fingerprint density at radius 3 is 2.55 bits per heavy atom. The molecule has 5 nitrogen and oxygen atoms in total. The fourth-order valence-electron chi connectivity index (χ4n) is 2.51. The Labute approximate surface area is 132 Å². The fraction of sp³-hybridized carbons (Fsp3) is 0.692. The molecule has 0 atom stereocenters. The van der Waals surface area contributed by atoms with Crippen LogP contribution in [0.1, 0.15) is 37.7 Å². The van der Waals surface area contributed by atoms with Crippen molar-refractivity contribution < 1.29 is 4.79 Å². The van der Waals surface area contributed by atoms with Crippen molar-refractivity contribution in [1.29, 1.82) is 0 Å². The summed E-state index contributed by atoms with van der Waals surface area (Å²) in [6.45, 7) is 5.14. The van der Waals surface area contributed by atoms with Crippen LogP contribution in [0, 0.1) is 0 Å². The minimum Gasteiger partial charge on any atom is -0.343 e. The molecule has 0 spiro atoms. The normalized spacial score (nSPS) is 15.4. The summed E-state index contributed by atoms with van der Waals surface area (Å²) in [6, 6.07) is 0. The Bertz CT molecular complexity index is 403. The molecular formula is C13H24Cl2N4O. The Morgan fingerprint density at radius 2 is 2.05 bits per heavy atom. The van der Waals surface area contributed by atoms with Crippen LogP contribution < -0.4 is 5.73 Å². The first-order valence-corrected chi connectivity index (χ1v) is 6.74. The zero-order valence-electron chi connectivity index (χ0n) is 11.8. The number of carbonyl (C=O) groups is 1. The summed E-state index contributed by atoms with van der Waals surface area (Å²) >= 11 is 0. The van der Waals surface area contributed by atoms with Crippen LogP contribution in [0.5, 0.6) is 0 Å². The predicted molar refractivity (Wildman–Crippen MR) is 84.6 cm³/mol. The number of aromatic nitrogens is 2. The second-order valence-electron chi connectivity index (χ2n) is 4.82. The van der Waals surface area contributed by atoms with Crippen molar-refractivity contribution >= 4 is 30.7 Å². The lowest BCUT2D eigenvalue weighted by molar-refractivity contribution is -0.132. The molecule has 7 heteroatoms. The number of hydrogen-bond acceptors (Lipinski definition) is 3. The molecule has 1 aromatic rings. The first-order valence-electron chi connectivity index (χ1n) is 6.74. The molecule has 20 heavy (non-hydrogen) atoms. The maximum Gasteiger partial charge on any atom is 0.223 e. The molecule has 1 aromatic heterocycles. The predicted octanol–water partition coefficient (Wildman–Crippen LogP) is 1.80. The van der Waals surface area contributed by atoms with Gasteiger partial charge in [0.2, 0.25) is 5.91 Å². The number of halogens is 2. The molecule has 0 saturated carbocycles. The van der Waals surface area contributed by atoms with Crippen LogP contribution >= 0.6 is 24.8 Å². The summed E-state index contributed by atoms with van der Waals surface area (Å²) in [5, 5.41) is 4.31. The zero-order chi connectivity index (χ0) is 13.0. The van der Waals surface area contributed by atoms with Crippen LogP contribution in [-0.4, -0.2) is 40.2 Å². The van der Waals surface area contributed by atoms with Gasteiger partial charge in [-0.3, -0.25) is 9.48 Å². The first-order chi connectivity index (χ1) is 8.74. The highest BCUT2D eigenvalue weighted by atomic mass is 35.5. The second kappa shape index (κ2) is 9.21. The third kappa shape index (κ3) is 4.65. The Kier molecular flexibility index (Phi) is 8.85. The van der Waals surface area contributed by atoms with Gasteiger partial charge in [-0.2, -0.15) is 5.10 Å². The molecule has 2 N–H and O–H groups in total. The van der Waals surface area contributed by atoms with Crippen LogP contribution in [0.25, 0.3) is 0 Å². The Morgan fingerprint density at radius 1 is 1.40 bits per heavy atom. The molecule has 1 aliphatic rings. The van der Waals surface area contributed by atoms with Gasteiger partial charge in [0.15, 0.2) is 0 Å². The Hall–Kier alpha value is -0.780. The number of likely N-dealkylation sites (tertiary alicyclic amines) is 1. The summed E-state index contributed by atoms with van der Waals surface area (Å²) in [5.41, 5.74) is 6.72. The van der Waals surface area contributed by atoms with Gasteiger partial charge in [-0.05, 0) is 31.2 Å². The number of nitrogens with zero attached hydrogens (tertiary/aromatic N) is 3. The zero-order valence-corrected chi connectivity index (χ0v) is 13.5. The monoisotopic (exact) mass is 322 g/mol. The number of nitrogens with two attached hydrogens (primary N) is 1. The smallest absolute Gasteiger partial charge is 0.223 e. The van der Waals surface area contributed by atoms with E-state index in [1.54, 1.807) is 0 Å². The molecule has 0 bridgehead atoms. The lowest BCUT2D eigenvalue weighted by Gasteiger charge is -2.31. The molecule has 0 aliphatic carbocycles. The van der Waals surface area contributed by atoms with Crippen molar-refractivity contribution in [3.05, 3.63) is 18.0 Å². The summed E-state index contributed by atoms with van der Waals surface area (Å²) in [6.07, 6.45) is 6.63. The van der Waals surface area contributed by atoms with Crippen LogP contribution in [0.4, 0.5) is 0 Å². The minimum absolute atomic E-state index is 0. The van der Waals surface area contributed by atoms with E-state index in [9.17, 15) is 4.79 Å². The molecule has 1 saturated heterocycles. The van der Waals surface area contributed by atoms with Crippen molar-refractivity contribution in [3.8, 4) is 0 Å². The van der Waals surface area contributed by atoms with E-state index < -0.39 is 0 Å². The quantitative estimate of drug-likeness (QED) is 0.919. The SMILES string of the molecule is CCn1cc(C2CCN(C(=O)CCN)CC2)cn1.Cl.Cl. The third-order valence-electron chi connectivity index (χ3n) is 3.65. The summed E-state index contributed by atoms with van der Waals surface area (Å²) in [5.74, 6) is 0.743. The summed E-state index contributed by atoms with van der Waals surface area (Å²) < 4.78 is 1.96. The lowest BCUT2D eigenvalue weighted by atomic mass is 9.91. The molecular weight excluding hydrogens is 299 g/mol. The molecule has 2 heterocycles. The van der Waals surface area contributed by atoms with Crippen molar-refractivity contribution in [2.75, 3.05) is 19.6 Å². The molecule has 0 unspecified atom stereocenters. The van der Waals surface area contributed by atoms with Gasteiger partial charge in [-0.1, -0.05) is 0 Å². The van der Waals surface area contributed by atoms with Gasteiger partial charge in [0.1, 0.15) is 0 Å². The van der Waals surface area contributed by atoms with Crippen LogP contribution in [0.3, 0.4) is 0 Å². The second-order valence-corrected chi connectivity index (χ2v) is 4.82. The average Bonchev–Trinajstić information content (AvgIpc) is 2.88. The maximum atomic E-state index is 11.7. The van der Waals surface area contributed by atoms with Gasteiger partial charge >= 0.3 is 0 Å². The molecule has 0 radical (unpaired) electrons. The largest absolute Gasteiger partial charge is 0.343 e. The molecule has 0 aromatic carbocycles. The molecule has 1 amide bonds. The number of hydrogen-bond donors (Lipinski definition) is 1. The van der Waals surface area contributed by atoms with Crippen molar-refractivity contribution in [3.63, 3.8) is 0 Å². The Balaban J connectivity index is 0.00000180. The van der Waals surface area contributed by atoms with Gasteiger partial charge in [0, 0.05) is 38.8 Å². The van der Waals surface area contributed by atoms with Crippen LogP contribution in [0.15, 0.2) is 12.4 Å². The number of amides is 1. The fourth-order valence-corrected chi connectivity index (χ4v) is 2.51. The van der Waals surface area contributed by atoms with Gasteiger partial charge in [-0.15, -0.1) is 24.8 Å². The van der Waals surface area contributed by atoms with Gasteiger partial charge in [0.05, 0.1) is 6.20 Å². The number of carbonyl (C=O) groups excluding carboxylic acids is 1. The highest BCUT2D eigenvalue weighted by Crippen LogP contribution is 2.27. The van der Waals surface area contributed by atoms with E-state index in [-0.39, 0.29) is 30.7 Å². The van der Waals surface area contributed by atoms with E-state index in [1.807, 2.05) is 15.8 Å². The topological polar surface area (TPSA) is 64.2 Å². The molecule has 1 fully saturated rings. The lowest BCUT2D eigenvalue weighted by Crippen LogP contribution is -2.38. The highest BCUT2D eigenvalue weighted by Gasteiger charge is 2.23. The van der Waals surface area contributed by atoms with Crippen LogP contribution in [0.2, 0.25) is 0 Å². The summed E-state index contributed by atoms with van der Waals surface area (Å²) in [4.78, 5) is 13.7. The molecule has 2 rings (SSSR count). The highest BCUT2D eigenvalue weighted by molar-refractivity contribution is 5.85. The number of piperidine rings is 1. The molecule has 1 aliphatic heterocycles. The number of aryl methyl sites for hydroxylation is 1. The summed E-state index contributed by atoms with van der Waals surface area (Å²) in [7, 11) is 0. The van der Waals surface area contributed by atoms with Crippen LogP contribution in [-0.2, 0) is 11.3 Å². The standard InChI is InChI=1S/C13H22N4O.2ClH/c1-2-17-10-12(9-15-17)11-4-7-16(8-5-11)13(18)3-6-14;;/h9-11H,2-8,14H2,1H3;2*1H. The average molecular weight is 323 g/mol. The van der Waals surface area contributed by atoms with Crippen molar-refractivity contribution in [1.82, 2.24) is 14.7 Å².